The van der Waals surface area contributed by atoms with Gasteiger partial charge in [-0.15, -0.1) is 0 Å². The van der Waals surface area contributed by atoms with E-state index in [2.05, 4.69) is 10.0 Å². The van der Waals surface area contributed by atoms with E-state index < -0.39 is 33.2 Å². The van der Waals surface area contributed by atoms with Gasteiger partial charge in [-0.05, 0) is 61.0 Å². The van der Waals surface area contributed by atoms with Gasteiger partial charge < -0.3 is 5.32 Å². The fourth-order valence-corrected chi connectivity index (χ4v) is 4.28. The third kappa shape index (κ3) is 5.36. The maximum absolute atomic E-state index is 13.2. The fourth-order valence-electron chi connectivity index (χ4n) is 2.82. The van der Waals surface area contributed by atoms with Gasteiger partial charge in [0, 0.05) is 16.4 Å². The van der Waals surface area contributed by atoms with E-state index in [4.69, 9.17) is 11.6 Å². The highest BCUT2D eigenvalue weighted by molar-refractivity contribution is 7.92. The molecule has 0 aliphatic carbocycles. The Morgan fingerprint density at radius 2 is 1.55 bits per heavy atom. The Bertz CT molecular complexity index is 1230. The van der Waals surface area contributed by atoms with Gasteiger partial charge >= 0.3 is 6.18 Å². The second-order valence-electron chi connectivity index (χ2n) is 6.59. The Balaban J connectivity index is 1.90. The maximum Gasteiger partial charge on any atom is 0.417 e. The third-order valence-electron chi connectivity index (χ3n) is 4.31. The number of amides is 1. The number of hydrogen-bond acceptors (Lipinski definition) is 3. The van der Waals surface area contributed by atoms with E-state index in [1.54, 1.807) is 6.92 Å². The molecule has 10 heteroatoms. The molecule has 162 valence electrons. The minimum atomic E-state index is -4.71. The van der Waals surface area contributed by atoms with Crippen LogP contribution in [0.2, 0.25) is 5.02 Å². The summed E-state index contributed by atoms with van der Waals surface area (Å²) in [5.41, 5.74) is -0.965. The molecule has 0 aliphatic heterocycles. The summed E-state index contributed by atoms with van der Waals surface area (Å²) in [6, 6.07) is 14.4. The quantitative estimate of drug-likeness (QED) is 0.503. The van der Waals surface area contributed by atoms with Crippen LogP contribution < -0.4 is 10.0 Å². The SMILES string of the molecule is Cc1ccc(NC(=O)c2ccccc2C(F)(F)F)cc1S(=O)(=O)Nc1ccc(Cl)cc1. The van der Waals surface area contributed by atoms with E-state index in [0.717, 1.165) is 12.1 Å². The zero-order valence-electron chi connectivity index (χ0n) is 16.0. The van der Waals surface area contributed by atoms with Gasteiger partial charge in [-0.25, -0.2) is 8.42 Å². The van der Waals surface area contributed by atoms with Crippen LogP contribution in [0.4, 0.5) is 24.5 Å². The molecule has 1 amide bonds. The lowest BCUT2D eigenvalue weighted by molar-refractivity contribution is -0.137. The number of hydrogen-bond donors (Lipinski definition) is 2. The van der Waals surface area contributed by atoms with Crippen LogP contribution in [0, 0.1) is 6.92 Å². The summed E-state index contributed by atoms with van der Waals surface area (Å²) >= 11 is 5.80. The highest BCUT2D eigenvalue weighted by Crippen LogP contribution is 2.32. The van der Waals surface area contributed by atoms with E-state index in [0.29, 0.717) is 10.6 Å². The van der Waals surface area contributed by atoms with Gasteiger partial charge in [0.1, 0.15) is 0 Å². The number of nitrogens with one attached hydrogen (secondary N) is 2. The summed E-state index contributed by atoms with van der Waals surface area (Å²) < 4.78 is 67.5. The maximum atomic E-state index is 13.2. The average molecular weight is 469 g/mol. The molecule has 0 heterocycles. The molecule has 0 fully saturated rings. The second-order valence-corrected chi connectivity index (χ2v) is 8.68. The fraction of sp³-hybridized carbons (Fsp3) is 0.0952. The topological polar surface area (TPSA) is 75.3 Å². The molecule has 2 N–H and O–H groups in total. The molecule has 3 aromatic carbocycles. The smallest absolute Gasteiger partial charge is 0.322 e. The molecule has 5 nitrogen and oxygen atoms in total. The van der Waals surface area contributed by atoms with Crippen molar-refractivity contribution >= 4 is 38.9 Å². The summed E-state index contributed by atoms with van der Waals surface area (Å²) in [6.45, 7) is 1.56. The van der Waals surface area contributed by atoms with Crippen molar-refractivity contribution in [3.8, 4) is 0 Å². The van der Waals surface area contributed by atoms with Gasteiger partial charge in [0.05, 0.1) is 16.0 Å². The predicted octanol–water partition coefficient (Wildman–Crippen LogP) is 5.72. The Morgan fingerprint density at radius 3 is 2.19 bits per heavy atom. The molecule has 0 bridgehead atoms. The van der Waals surface area contributed by atoms with Crippen molar-refractivity contribution in [1.29, 1.82) is 0 Å². The van der Waals surface area contributed by atoms with E-state index in [1.165, 1.54) is 54.6 Å². The average Bonchev–Trinajstić information content (AvgIpc) is 2.70. The van der Waals surface area contributed by atoms with Crippen molar-refractivity contribution in [2.75, 3.05) is 10.0 Å². The van der Waals surface area contributed by atoms with Gasteiger partial charge in [0.25, 0.3) is 15.9 Å². The lowest BCUT2D eigenvalue weighted by atomic mass is 10.1. The molecular formula is C21H16ClF3N2O3S. The first-order valence-electron chi connectivity index (χ1n) is 8.84. The van der Waals surface area contributed by atoms with Gasteiger partial charge in [-0.2, -0.15) is 13.2 Å². The van der Waals surface area contributed by atoms with E-state index in [-0.39, 0.29) is 16.3 Å². The third-order valence-corrected chi connectivity index (χ3v) is 6.08. The molecule has 0 aliphatic rings. The standard InChI is InChI=1S/C21H16ClF3N2O3S/c1-13-6-9-16(26-20(28)17-4-2-3-5-18(17)21(23,24)25)12-19(13)31(29,30)27-15-10-7-14(22)8-11-15/h2-12,27H,1H3,(H,26,28). The van der Waals surface area contributed by atoms with Crippen molar-refractivity contribution in [1.82, 2.24) is 0 Å². The zero-order valence-corrected chi connectivity index (χ0v) is 17.6. The molecule has 0 saturated heterocycles. The molecule has 0 aromatic heterocycles. The Labute approximate surface area is 181 Å². The van der Waals surface area contributed by atoms with Gasteiger partial charge in [0.15, 0.2) is 0 Å². The normalized spacial score (nSPS) is 11.8. The molecule has 3 aromatic rings. The molecular weight excluding hydrogens is 453 g/mol. The highest BCUT2D eigenvalue weighted by atomic mass is 35.5. The van der Waals surface area contributed by atoms with E-state index in [1.807, 2.05) is 0 Å². The summed E-state index contributed by atoms with van der Waals surface area (Å²) in [5, 5.41) is 2.77. The van der Waals surface area contributed by atoms with Crippen molar-refractivity contribution < 1.29 is 26.4 Å². The summed E-state index contributed by atoms with van der Waals surface area (Å²) in [5.74, 6) is -1.01. The first-order valence-corrected chi connectivity index (χ1v) is 10.7. The minimum absolute atomic E-state index is 0.0315. The van der Waals surface area contributed by atoms with Crippen LogP contribution in [0.3, 0.4) is 0 Å². The Hall–Kier alpha value is -3.04. The van der Waals surface area contributed by atoms with E-state index >= 15 is 0 Å². The molecule has 0 radical (unpaired) electrons. The van der Waals surface area contributed by atoms with Crippen molar-refractivity contribution in [3.05, 3.63) is 88.4 Å². The largest absolute Gasteiger partial charge is 0.417 e. The number of alkyl halides is 3. The number of benzene rings is 3. The number of halogens is 4. The number of aryl methyl sites for hydroxylation is 1. The van der Waals surface area contributed by atoms with Crippen LogP contribution in [0.1, 0.15) is 21.5 Å². The molecule has 0 unspecified atom stereocenters. The minimum Gasteiger partial charge on any atom is -0.322 e. The molecule has 0 saturated carbocycles. The first kappa shape index (κ1) is 22.6. The van der Waals surface area contributed by atoms with Gasteiger partial charge in [-0.1, -0.05) is 29.8 Å². The first-order chi connectivity index (χ1) is 14.5. The van der Waals surface area contributed by atoms with Crippen LogP contribution >= 0.6 is 11.6 Å². The predicted molar refractivity (Wildman–Crippen MR) is 113 cm³/mol. The molecule has 0 atom stereocenters. The number of carbonyl (C=O) groups is 1. The number of carbonyl (C=O) groups excluding carboxylic acids is 1. The van der Waals surface area contributed by atoms with Crippen molar-refractivity contribution in [3.63, 3.8) is 0 Å². The monoisotopic (exact) mass is 468 g/mol. The van der Waals surface area contributed by atoms with Gasteiger partial charge in [-0.3, -0.25) is 9.52 Å². The number of rotatable bonds is 5. The molecule has 3 rings (SSSR count). The lowest BCUT2D eigenvalue weighted by Gasteiger charge is -2.14. The second kappa shape index (κ2) is 8.60. The van der Waals surface area contributed by atoms with Crippen LogP contribution in [-0.2, 0) is 16.2 Å². The molecule has 0 spiro atoms. The van der Waals surface area contributed by atoms with Crippen molar-refractivity contribution in [2.45, 2.75) is 18.0 Å². The molecule has 31 heavy (non-hydrogen) atoms. The van der Waals surface area contributed by atoms with Crippen LogP contribution in [0.25, 0.3) is 0 Å². The summed E-state index contributed by atoms with van der Waals surface area (Å²) in [6.07, 6.45) is -4.71. The van der Waals surface area contributed by atoms with Crippen LogP contribution in [0.5, 0.6) is 0 Å². The van der Waals surface area contributed by atoms with Crippen LogP contribution in [0.15, 0.2) is 71.6 Å². The summed E-state index contributed by atoms with van der Waals surface area (Å²) in [4.78, 5) is 12.3. The Kier molecular flexibility index (Phi) is 6.28. The lowest BCUT2D eigenvalue weighted by Crippen LogP contribution is -2.19. The Morgan fingerprint density at radius 1 is 0.935 bits per heavy atom. The van der Waals surface area contributed by atoms with Gasteiger partial charge in [0.2, 0.25) is 0 Å². The van der Waals surface area contributed by atoms with E-state index in [9.17, 15) is 26.4 Å². The number of anilines is 2. The number of sulfonamides is 1. The highest BCUT2D eigenvalue weighted by Gasteiger charge is 2.34. The summed E-state index contributed by atoms with van der Waals surface area (Å²) in [7, 11) is -4.04. The van der Waals surface area contributed by atoms with Crippen LogP contribution in [-0.4, -0.2) is 14.3 Å². The van der Waals surface area contributed by atoms with Crippen molar-refractivity contribution in [2.24, 2.45) is 0 Å². The zero-order chi connectivity index (χ0) is 22.8.